The third kappa shape index (κ3) is 3.05. The van der Waals surface area contributed by atoms with Crippen molar-refractivity contribution in [1.82, 2.24) is 5.32 Å². The Kier molecular flexibility index (Phi) is 4.66. The highest BCUT2D eigenvalue weighted by atomic mass is 35.5. The zero-order valence-corrected chi connectivity index (χ0v) is 10.6. The predicted octanol–water partition coefficient (Wildman–Crippen LogP) is 0.554. The number of halogens is 1. The van der Waals surface area contributed by atoms with E-state index in [2.05, 4.69) is 5.32 Å². The van der Waals surface area contributed by atoms with E-state index in [4.69, 9.17) is 31.3 Å². The second-order valence-corrected chi connectivity index (χ2v) is 4.45. The van der Waals surface area contributed by atoms with Gasteiger partial charge in [-0.15, -0.1) is 0 Å². The quantitative estimate of drug-likeness (QED) is 0.731. The summed E-state index contributed by atoms with van der Waals surface area (Å²) in [6, 6.07) is 3.30. The Bertz CT molecular complexity index is 409. The summed E-state index contributed by atoms with van der Waals surface area (Å²) in [6.45, 7) is 1.27. The van der Waals surface area contributed by atoms with Gasteiger partial charge in [0.1, 0.15) is 13.2 Å². The first-order valence-electron chi connectivity index (χ1n) is 5.77. The first-order valence-corrected chi connectivity index (χ1v) is 6.15. The number of rotatable bonds is 5. The normalized spacial score (nSPS) is 14.0. The van der Waals surface area contributed by atoms with Crippen molar-refractivity contribution in [3.05, 3.63) is 22.7 Å². The summed E-state index contributed by atoms with van der Waals surface area (Å²) in [5, 5.41) is 21.4. The minimum absolute atomic E-state index is 0.116. The lowest BCUT2D eigenvalue weighted by Crippen LogP contribution is -2.35. The van der Waals surface area contributed by atoms with Gasteiger partial charge in [0.25, 0.3) is 0 Å². The van der Waals surface area contributed by atoms with E-state index < -0.39 is 0 Å². The number of aliphatic hydroxyl groups is 2. The molecule has 0 amide bonds. The molecule has 0 atom stereocenters. The molecule has 0 spiro atoms. The first kappa shape index (κ1) is 13.4. The predicted molar refractivity (Wildman–Crippen MR) is 67.2 cm³/mol. The molecule has 3 N–H and O–H groups in total. The molecule has 1 aliphatic heterocycles. The fourth-order valence-corrected chi connectivity index (χ4v) is 2.00. The van der Waals surface area contributed by atoms with Crippen LogP contribution in [0.15, 0.2) is 12.1 Å². The molecule has 1 heterocycles. The third-order valence-electron chi connectivity index (χ3n) is 2.69. The van der Waals surface area contributed by atoms with Crippen molar-refractivity contribution in [3.63, 3.8) is 0 Å². The smallest absolute Gasteiger partial charge is 0.179 e. The summed E-state index contributed by atoms with van der Waals surface area (Å²) >= 11 is 6.10. The van der Waals surface area contributed by atoms with Crippen LogP contribution >= 0.6 is 11.6 Å². The van der Waals surface area contributed by atoms with Crippen molar-refractivity contribution in [2.75, 3.05) is 26.4 Å². The van der Waals surface area contributed by atoms with Crippen LogP contribution in [0.5, 0.6) is 11.5 Å². The first-order chi connectivity index (χ1) is 8.74. The molecule has 0 saturated carbocycles. The standard InChI is InChI=1S/C12H16ClNO4/c13-10-3-8(5-14-9(6-15)7-16)4-11-12(10)18-2-1-17-11/h3-4,9,14-16H,1-2,5-7H2. The summed E-state index contributed by atoms with van der Waals surface area (Å²) < 4.78 is 10.9. The highest BCUT2D eigenvalue weighted by Crippen LogP contribution is 2.38. The third-order valence-corrected chi connectivity index (χ3v) is 2.97. The minimum Gasteiger partial charge on any atom is -0.486 e. The summed E-state index contributed by atoms with van der Waals surface area (Å²) in [5.41, 5.74) is 0.913. The molecule has 0 aromatic heterocycles. The van der Waals surface area contributed by atoms with Crippen LogP contribution in [0, 0.1) is 0 Å². The molecule has 1 aliphatic rings. The maximum atomic E-state index is 8.96. The van der Waals surface area contributed by atoms with E-state index in [9.17, 15) is 0 Å². The molecule has 0 fully saturated rings. The maximum absolute atomic E-state index is 8.96. The number of ether oxygens (including phenoxy) is 2. The molecule has 5 nitrogen and oxygen atoms in total. The summed E-state index contributed by atoms with van der Waals surface area (Å²) in [6.07, 6.45) is 0. The van der Waals surface area contributed by atoms with Crippen molar-refractivity contribution in [2.24, 2.45) is 0 Å². The van der Waals surface area contributed by atoms with E-state index >= 15 is 0 Å². The van der Waals surface area contributed by atoms with E-state index in [1.54, 1.807) is 6.07 Å². The Labute approximate surface area is 110 Å². The topological polar surface area (TPSA) is 71.0 Å². The van der Waals surface area contributed by atoms with Gasteiger partial charge in [-0.05, 0) is 17.7 Å². The number of nitrogens with one attached hydrogen (secondary N) is 1. The van der Waals surface area contributed by atoms with Crippen LogP contribution in [0.2, 0.25) is 5.02 Å². The number of hydrogen-bond acceptors (Lipinski definition) is 5. The largest absolute Gasteiger partial charge is 0.486 e. The van der Waals surface area contributed by atoms with Crippen molar-refractivity contribution in [3.8, 4) is 11.5 Å². The summed E-state index contributed by atoms with van der Waals surface area (Å²) in [7, 11) is 0. The minimum atomic E-state index is -0.336. The second-order valence-electron chi connectivity index (χ2n) is 4.04. The number of aliphatic hydroxyl groups excluding tert-OH is 2. The zero-order valence-electron chi connectivity index (χ0n) is 9.86. The van der Waals surface area contributed by atoms with E-state index in [0.29, 0.717) is 36.3 Å². The molecule has 0 aliphatic carbocycles. The molecule has 6 heteroatoms. The van der Waals surface area contributed by atoms with Crippen LogP contribution in [0.3, 0.4) is 0 Å². The van der Waals surface area contributed by atoms with E-state index in [0.717, 1.165) is 5.56 Å². The summed E-state index contributed by atoms with van der Waals surface area (Å²) in [5.74, 6) is 1.21. The Morgan fingerprint density at radius 1 is 1.22 bits per heavy atom. The van der Waals surface area contributed by atoms with Gasteiger partial charge < -0.3 is 25.0 Å². The van der Waals surface area contributed by atoms with Crippen molar-refractivity contribution in [1.29, 1.82) is 0 Å². The Balaban J connectivity index is 2.07. The van der Waals surface area contributed by atoms with E-state index in [1.165, 1.54) is 0 Å². The molecule has 18 heavy (non-hydrogen) atoms. The van der Waals surface area contributed by atoms with Gasteiger partial charge in [0.2, 0.25) is 0 Å². The number of hydrogen-bond donors (Lipinski definition) is 3. The molecular weight excluding hydrogens is 258 g/mol. The van der Waals surface area contributed by atoms with Crippen LogP contribution in [-0.4, -0.2) is 42.7 Å². The molecular formula is C12H16ClNO4. The molecule has 0 unspecified atom stereocenters. The molecule has 2 rings (SSSR count). The van der Waals surface area contributed by atoms with Crippen LogP contribution < -0.4 is 14.8 Å². The van der Waals surface area contributed by atoms with Crippen molar-refractivity contribution >= 4 is 11.6 Å². The average molecular weight is 274 g/mol. The van der Waals surface area contributed by atoms with Crippen LogP contribution in [0.25, 0.3) is 0 Å². The molecule has 0 radical (unpaired) electrons. The lowest BCUT2D eigenvalue weighted by Gasteiger charge is -2.21. The lowest BCUT2D eigenvalue weighted by atomic mass is 10.1. The van der Waals surface area contributed by atoms with Crippen molar-refractivity contribution < 1.29 is 19.7 Å². The van der Waals surface area contributed by atoms with Gasteiger partial charge in [0, 0.05) is 6.54 Å². The molecule has 0 saturated heterocycles. The van der Waals surface area contributed by atoms with Crippen molar-refractivity contribution in [2.45, 2.75) is 12.6 Å². The second kappa shape index (κ2) is 6.24. The van der Waals surface area contributed by atoms with E-state index in [1.807, 2.05) is 6.07 Å². The molecule has 0 bridgehead atoms. The van der Waals surface area contributed by atoms with Crippen LogP contribution in [0.4, 0.5) is 0 Å². The SMILES string of the molecule is OCC(CO)NCc1cc(Cl)c2c(c1)OCCO2. The van der Waals surface area contributed by atoms with Crippen LogP contribution in [0.1, 0.15) is 5.56 Å². The van der Waals surface area contributed by atoms with Gasteiger partial charge in [-0.1, -0.05) is 11.6 Å². The van der Waals surface area contributed by atoms with Gasteiger partial charge in [0.05, 0.1) is 24.3 Å². The molecule has 1 aromatic carbocycles. The average Bonchev–Trinajstić information content (AvgIpc) is 2.40. The van der Waals surface area contributed by atoms with Gasteiger partial charge in [-0.25, -0.2) is 0 Å². The monoisotopic (exact) mass is 273 g/mol. The fourth-order valence-electron chi connectivity index (χ4n) is 1.72. The van der Waals surface area contributed by atoms with Gasteiger partial charge in [-0.2, -0.15) is 0 Å². The molecule has 1 aromatic rings. The Hall–Kier alpha value is -1.01. The fraction of sp³-hybridized carbons (Fsp3) is 0.500. The number of fused-ring (bicyclic) bond motifs is 1. The van der Waals surface area contributed by atoms with Gasteiger partial charge in [-0.3, -0.25) is 0 Å². The van der Waals surface area contributed by atoms with Gasteiger partial charge in [0.15, 0.2) is 11.5 Å². The lowest BCUT2D eigenvalue weighted by molar-refractivity contribution is 0.168. The zero-order chi connectivity index (χ0) is 13.0. The highest BCUT2D eigenvalue weighted by molar-refractivity contribution is 6.32. The Morgan fingerprint density at radius 2 is 1.94 bits per heavy atom. The number of benzene rings is 1. The highest BCUT2D eigenvalue weighted by Gasteiger charge is 2.16. The maximum Gasteiger partial charge on any atom is 0.179 e. The Morgan fingerprint density at radius 3 is 2.67 bits per heavy atom. The molecule has 100 valence electrons. The van der Waals surface area contributed by atoms with Crippen LogP contribution in [-0.2, 0) is 6.54 Å². The van der Waals surface area contributed by atoms with E-state index in [-0.39, 0.29) is 19.3 Å². The van der Waals surface area contributed by atoms with Gasteiger partial charge >= 0.3 is 0 Å². The summed E-state index contributed by atoms with van der Waals surface area (Å²) in [4.78, 5) is 0.